The third-order valence-electron chi connectivity index (χ3n) is 5.31. The molecule has 0 spiro atoms. The second-order valence-electron chi connectivity index (χ2n) is 7.45. The van der Waals surface area contributed by atoms with Gasteiger partial charge in [-0.3, -0.25) is 0 Å². The number of rotatable bonds is 6. The minimum absolute atomic E-state index is 0.0232. The first-order valence-electron chi connectivity index (χ1n) is 9.93. The van der Waals surface area contributed by atoms with Gasteiger partial charge < -0.3 is 24.8 Å². The summed E-state index contributed by atoms with van der Waals surface area (Å²) in [5.41, 5.74) is -1.11. The molecule has 1 aromatic heterocycles. The average Bonchev–Trinajstić information content (AvgIpc) is 3.29. The Morgan fingerprint density at radius 3 is 2.50 bits per heavy atom. The third kappa shape index (κ3) is 4.74. The van der Waals surface area contributed by atoms with Crippen LogP contribution in [0.5, 0.6) is 5.75 Å². The lowest BCUT2D eigenvalue weighted by molar-refractivity contribution is -0.178. The van der Waals surface area contributed by atoms with Crippen LogP contribution >= 0.6 is 23.4 Å². The number of thioether (sulfide) groups is 1. The van der Waals surface area contributed by atoms with Crippen LogP contribution in [0.2, 0.25) is 5.02 Å². The van der Waals surface area contributed by atoms with Crippen LogP contribution in [0.4, 0.5) is 13.2 Å². The maximum atomic E-state index is 13.6. The molecule has 3 aromatic rings. The molecule has 2 heterocycles. The first-order chi connectivity index (χ1) is 16.2. The SMILES string of the molecule is COc1ccc(Cl)cc1S[C@H]1O[C@H](CO)[C@H](O)[C@H](n2cc(-c3cc(F)c(F)c(F)c3)nn2)[C@H]1O. The van der Waals surface area contributed by atoms with E-state index in [0.717, 1.165) is 28.6 Å². The number of hydrogen-bond acceptors (Lipinski definition) is 8. The number of benzene rings is 2. The van der Waals surface area contributed by atoms with Crippen molar-refractivity contribution < 1.29 is 38.0 Å². The summed E-state index contributed by atoms with van der Waals surface area (Å²) in [5.74, 6) is -3.95. The first kappa shape index (κ1) is 24.8. The Morgan fingerprint density at radius 1 is 1.15 bits per heavy atom. The number of aromatic nitrogens is 3. The van der Waals surface area contributed by atoms with Gasteiger partial charge in [0.05, 0.1) is 24.8 Å². The van der Waals surface area contributed by atoms with Gasteiger partial charge in [0.2, 0.25) is 0 Å². The average molecular weight is 518 g/mol. The van der Waals surface area contributed by atoms with Gasteiger partial charge in [-0.1, -0.05) is 28.6 Å². The zero-order valence-corrected chi connectivity index (χ0v) is 19.1. The summed E-state index contributed by atoms with van der Waals surface area (Å²) in [6.45, 7) is -0.565. The Balaban J connectivity index is 1.65. The van der Waals surface area contributed by atoms with E-state index in [1.807, 2.05) is 0 Å². The molecular weight excluding hydrogens is 499 g/mol. The Hall–Kier alpha value is -2.35. The molecule has 0 saturated carbocycles. The monoisotopic (exact) mass is 517 g/mol. The van der Waals surface area contributed by atoms with Gasteiger partial charge in [0, 0.05) is 10.6 Å². The molecule has 3 N–H and O–H groups in total. The molecule has 34 heavy (non-hydrogen) atoms. The highest BCUT2D eigenvalue weighted by Crippen LogP contribution is 2.42. The molecule has 13 heteroatoms. The van der Waals surface area contributed by atoms with Crippen LogP contribution in [-0.4, -0.2) is 67.8 Å². The number of halogens is 4. The van der Waals surface area contributed by atoms with Crippen molar-refractivity contribution in [3.8, 4) is 17.0 Å². The van der Waals surface area contributed by atoms with Crippen LogP contribution in [0.25, 0.3) is 11.3 Å². The lowest BCUT2D eigenvalue weighted by Gasteiger charge is -2.41. The molecule has 0 amide bonds. The summed E-state index contributed by atoms with van der Waals surface area (Å²) in [6, 6.07) is 5.24. The minimum atomic E-state index is -1.62. The van der Waals surface area contributed by atoms with Crippen molar-refractivity contribution >= 4 is 23.4 Å². The highest BCUT2D eigenvalue weighted by molar-refractivity contribution is 8.00. The van der Waals surface area contributed by atoms with Crippen LogP contribution in [0.3, 0.4) is 0 Å². The Bertz CT molecular complexity index is 1160. The molecule has 0 aliphatic carbocycles. The van der Waals surface area contributed by atoms with Crippen LogP contribution < -0.4 is 4.74 Å². The number of aliphatic hydroxyl groups excluding tert-OH is 3. The van der Waals surface area contributed by atoms with E-state index in [0.29, 0.717) is 15.7 Å². The molecule has 8 nitrogen and oxygen atoms in total. The van der Waals surface area contributed by atoms with Gasteiger partial charge in [0.15, 0.2) is 17.5 Å². The van der Waals surface area contributed by atoms with Crippen LogP contribution in [0.1, 0.15) is 6.04 Å². The Morgan fingerprint density at radius 2 is 1.85 bits per heavy atom. The fourth-order valence-electron chi connectivity index (χ4n) is 3.60. The van der Waals surface area contributed by atoms with Gasteiger partial charge in [-0.05, 0) is 30.3 Å². The quantitative estimate of drug-likeness (QED) is 0.428. The lowest BCUT2D eigenvalue weighted by atomic mass is 9.97. The van der Waals surface area contributed by atoms with Gasteiger partial charge in [0.25, 0.3) is 0 Å². The first-order valence-corrected chi connectivity index (χ1v) is 11.2. The standard InChI is InChI=1S/C21H19ClF3N3O5S/c1-32-14-3-2-10(22)6-16(14)34-21-20(31)18(19(30)15(8-29)33-21)28-7-13(26-27-28)9-4-11(23)17(25)12(24)5-9/h2-7,15,18-21,29-31H,8H2,1H3/t15-,18+,19+,20-,21-/m1/s1. The smallest absolute Gasteiger partial charge is 0.194 e. The largest absolute Gasteiger partial charge is 0.496 e. The number of nitrogens with zero attached hydrogens (tertiary/aromatic N) is 3. The summed E-state index contributed by atoms with van der Waals surface area (Å²) in [7, 11) is 1.46. The van der Waals surface area contributed by atoms with Crippen LogP contribution in [-0.2, 0) is 4.74 Å². The van der Waals surface area contributed by atoms with Gasteiger partial charge in [0.1, 0.15) is 41.2 Å². The van der Waals surface area contributed by atoms with Gasteiger partial charge in [-0.25, -0.2) is 17.9 Å². The van der Waals surface area contributed by atoms with Crippen molar-refractivity contribution in [3.63, 3.8) is 0 Å². The Labute approximate surface area is 200 Å². The van der Waals surface area contributed by atoms with Gasteiger partial charge in [-0.15, -0.1) is 5.10 Å². The van der Waals surface area contributed by atoms with Gasteiger partial charge in [-0.2, -0.15) is 0 Å². The summed E-state index contributed by atoms with van der Waals surface area (Å²) in [6.07, 6.45) is -2.63. The summed E-state index contributed by atoms with van der Waals surface area (Å²) in [4.78, 5) is 0.544. The van der Waals surface area contributed by atoms with Gasteiger partial charge >= 0.3 is 0 Å². The van der Waals surface area contributed by atoms with E-state index in [2.05, 4.69) is 10.3 Å². The fourth-order valence-corrected chi connectivity index (χ4v) is 5.05. The molecule has 2 aromatic carbocycles. The van der Waals surface area contributed by atoms with Crippen molar-refractivity contribution in [2.24, 2.45) is 0 Å². The number of aliphatic hydroxyl groups is 3. The number of ether oxygens (including phenoxy) is 2. The van der Waals surface area contributed by atoms with Crippen molar-refractivity contribution in [2.45, 2.75) is 34.7 Å². The van der Waals surface area contributed by atoms with E-state index in [9.17, 15) is 28.5 Å². The van der Waals surface area contributed by atoms with E-state index in [-0.39, 0.29) is 11.3 Å². The summed E-state index contributed by atoms with van der Waals surface area (Å²) < 4.78 is 52.7. The van der Waals surface area contributed by atoms with E-state index in [1.54, 1.807) is 18.2 Å². The number of methoxy groups -OCH3 is 1. The zero-order chi connectivity index (χ0) is 24.6. The summed E-state index contributed by atoms with van der Waals surface area (Å²) in [5, 5.41) is 39.6. The molecule has 4 rings (SSSR count). The molecule has 1 aliphatic rings. The summed E-state index contributed by atoms with van der Waals surface area (Å²) >= 11 is 7.13. The molecular formula is C21H19ClF3N3O5S. The molecule has 1 fully saturated rings. The lowest BCUT2D eigenvalue weighted by Crippen LogP contribution is -2.55. The highest BCUT2D eigenvalue weighted by atomic mass is 35.5. The predicted molar refractivity (Wildman–Crippen MR) is 116 cm³/mol. The van der Waals surface area contributed by atoms with Crippen molar-refractivity contribution in [2.75, 3.05) is 13.7 Å². The van der Waals surface area contributed by atoms with Crippen molar-refractivity contribution in [3.05, 3.63) is 59.0 Å². The molecule has 0 unspecified atom stereocenters. The molecule has 0 bridgehead atoms. The van der Waals surface area contributed by atoms with E-state index < -0.39 is 53.8 Å². The second kappa shape index (κ2) is 10.1. The van der Waals surface area contributed by atoms with Crippen molar-refractivity contribution in [1.82, 2.24) is 15.0 Å². The van der Waals surface area contributed by atoms with Crippen molar-refractivity contribution in [1.29, 1.82) is 0 Å². The van der Waals surface area contributed by atoms with Crippen LogP contribution in [0, 0.1) is 17.5 Å². The van der Waals surface area contributed by atoms with E-state index in [4.69, 9.17) is 21.1 Å². The van der Waals surface area contributed by atoms with E-state index in [1.165, 1.54) is 13.3 Å². The molecule has 1 aliphatic heterocycles. The number of hydrogen-bond donors (Lipinski definition) is 3. The normalized spacial score (nSPS) is 24.9. The predicted octanol–water partition coefficient (Wildman–Crippen LogP) is 2.80. The maximum Gasteiger partial charge on any atom is 0.194 e. The topological polar surface area (TPSA) is 110 Å². The molecule has 5 atom stereocenters. The molecule has 0 radical (unpaired) electrons. The van der Waals surface area contributed by atoms with E-state index >= 15 is 0 Å². The fraction of sp³-hybridized carbons (Fsp3) is 0.333. The third-order valence-corrected chi connectivity index (χ3v) is 6.74. The van der Waals surface area contributed by atoms with Crippen LogP contribution in [0.15, 0.2) is 41.4 Å². The minimum Gasteiger partial charge on any atom is -0.496 e. The highest BCUT2D eigenvalue weighted by Gasteiger charge is 2.46. The molecule has 182 valence electrons. The molecule has 1 saturated heterocycles. The zero-order valence-electron chi connectivity index (χ0n) is 17.5. The second-order valence-corrected chi connectivity index (χ2v) is 9.02. The maximum absolute atomic E-state index is 13.6. The Kier molecular flexibility index (Phi) is 7.36.